The summed E-state index contributed by atoms with van der Waals surface area (Å²) in [4.78, 5) is 28.7. The highest BCUT2D eigenvalue weighted by Crippen LogP contribution is 2.42. The van der Waals surface area contributed by atoms with Gasteiger partial charge < -0.3 is 28.4 Å². The summed E-state index contributed by atoms with van der Waals surface area (Å²) in [5.74, 6) is 3.72. The van der Waals surface area contributed by atoms with Crippen LogP contribution in [0.5, 0.6) is 34.5 Å². The number of hydrogen-bond donors (Lipinski definition) is 0. The van der Waals surface area contributed by atoms with Crippen molar-refractivity contribution in [3.05, 3.63) is 35.4 Å². The van der Waals surface area contributed by atoms with Gasteiger partial charge in [-0.2, -0.15) is 0 Å². The Labute approximate surface area is 602 Å². The van der Waals surface area contributed by atoms with Crippen LogP contribution in [0.3, 0.4) is 0 Å². The number of unbranched alkanes of at least 4 members (excludes halogenated alkanes) is 54. The lowest BCUT2D eigenvalue weighted by Crippen LogP contribution is -2.14. The van der Waals surface area contributed by atoms with Crippen LogP contribution in [-0.2, 0) is 22.4 Å². The molecule has 2 rings (SSSR count). The molecule has 0 N–H and O–H groups in total. The second-order valence-electron chi connectivity index (χ2n) is 29.6. The third-order valence-corrected chi connectivity index (χ3v) is 19.9. The van der Waals surface area contributed by atoms with E-state index >= 15 is 0 Å². The maximum atomic E-state index is 14.3. The lowest BCUT2D eigenvalue weighted by Gasteiger charge is -2.19. The van der Waals surface area contributed by atoms with Gasteiger partial charge in [-0.25, -0.2) is 0 Å². The molecule has 0 aliphatic heterocycles. The van der Waals surface area contributed by atoms with Crippen LogP contribution in [0, 0.1) is 0 Å². The first-order valence-corrected chi connectivity index (χ1v) is 43.0. The van der Waals surface area contributed by atoms with E-state index in [0.29, 0.717) is 74.1 Å². The van der Waals surface area contributed by atoms with Crippen LogP contribution in [0.4, 0.5) is 0 Å². The van der Waals surface area contributed by atoms with Crippen LogP contribution in [0.15, 0.2) is 24.3 Å². The Hall–Kier alpha value is -3.42. The molecule has 0 heterocycles. The van der Waals surface area contributed by atoms with Crippen molar-refractivity contribution >= 4 is 11.6 Å². The summed E-state index contributed by atoms with van der Waals surface area (Å²) in [6.07, 6.45) is 75.6. The van der Waals surface area contributed by atoms with E-state index in [1.54, 1.807) is 0 Å². The van der Waals surface area contributed by atoms with Crippen molar-refractivity contribution in [2.45, 2.75) is 446 Å². The number of Topliss-reactive ketones (excluding diaryl/α,β-unsaturated/α-hetero) is 2. The zero-order chi connectivity index (χ0) is 69.6. The van der Waals surface area contributed by atoms with Gasteiger partial charge in [0.25, 0.3) is 0 Å². The zero-order valence-electron chi connectivity index (χ0n) is 65.4. The van der Waals surface area contributed by atoms with Gasteiger partial charge in [-0.05, 0) is 73.9 Å². The summed E-state index contributed by atoms with van der Waals surface area (Å²) in [5.41, 5.74) is 1.60. The average Bonchev–Trinajstić information content (AvgIpc) is 1.01. The number of ketones is 2. The quantitative estimate of drug-likeness (QED) is 0.0478. The predicted molar refractivity (Wildman–Crippen MR) is 419 cm³/mol. The molecule has 564 valence electrons. The number of carbonyl (C=O) groups excluding carboxylic acids is 2. The smallest absolute Gasteiger partial charge is 0.203 e. The van der Waals surface area contributed by atoms with Crippen molar-refractivity contribution in [2.75, 3.05) is 39.6 Å². The molecular weight excluding hydrogens is 1200 g/mol. The largest absolute Gasteiger partial charge is 0.490 e. The summed E-state index contributed by atoms with van der Waals surface area (Å²) in [6.45, 7) is 17.2. The molecule has 8 nitrogen and oxygen atoms in total. The highest BCUT2D eigenvalue weighted by atomic mass is 16.5. The Bertz CT molecular complexity index is 1800. The molecule has 0 radical (unpaired) electrons. The Kier molecular flexibility index (Phi) is 64.4. The number of hydrogen-bond acceptors (Lipinski definition) is 8. The molecule has 0 aliphatic carbocycles. The van der Waals surface area contributed by atoms with Gasteiger partial charge in [0.1, 0.15) is 11.6 Å². The SMILES string of the molecule is CCCCCCCCCCCCOc1cc(CC(=O)CC(=O)Cc2cc(OCCCCCCCCCCCC)c(OCCCCCCCCCCCC)c(OCCCCCCCCCCCC)c2)cc(OCCCCCCCCCCCC)c1OCCCCCCCCCCCC. The van der Waals surface area contributed by atoms with Crippen LogP contribution >= 0.6 is 0 Å². The van der Waals surface area contributed by atoms with Crippen LogP contribution in [0.25, 0.3) is 0 Å². The third-order valence-electron chi connectivity index (χ3n) is 19.9. The Balaban J connectivity index is 2.40. The van der Waals surface area contributed by atoms with Crippen molar-refractivity contribution in [3.8, 4) is 34.5 Å². The van der Waals surface area contributed by atoms with E-state index in [-0.39, 0.29) is 30.8 Å². The lowest BCUT2D eigenvalue weighted by atomic mass is 10.00. The summed E-state index contributed by atoms with van der Waals surface area (Å²) < 4.78 is 40.3. The molecule has 0 atom stereocenters. The van der Waals surface area contributed by atoms with Gasteiger partial charge in [-0.1, -0.05) is 388 Å². The molecule has 0 saturated carbocycles. The number of ether oxygens (including phenoxy) is 6. The zero-order valence-corrected chi connectivity index (χ0v) is 65.4. The monoisotopic (exact) mass is 1360 g/mol. The fourth-order valence-electron chi connectivity index (χ4n) is 13.6. The molecule has 0 aliphatic rings. The Morgan fingerprint density at radius 2 is 0.351 bits per heavy atom. The first-order valence-electron chi connectivity index (χ1n) is 43.0. The molecule has 0 unspecified atom stereocenters. The summed E-state index contributed by atoms with van der Waals surface area (Å²) >= 11 is 0. The molecule has 2 aromatic carbocycles. The van der Waals surface area contributed by atoms with Crippen molar-refractivity contribution in [3.63, 3.8) is 0 Å². The van der Waals surface area contributed by atoms with Crippen molar-refractivity contribution in [1.29, 1.82) is 0 Å². The van der Waals surface area contributed by atoms with Crippen molar-refractivity contribution in [2.24, 2.45) is 0 Å². The normalized spacial score (nSPS) is 11.4. The second kappa shape index (κ2) is 69.7. The summed E-state index contributed by atoms with van der Waals surface area (Å²) in [6, 6.07) is 8.02. The molecule has 0 fully saturated rings. The fourth-order valence-corrected chi connectivity index (χ4v) is 13.6. The summed E-state index contributed by atoms with van der Waals surface area (Å²) in [7, 11) is 0. The summed E-state index contributed by atoms with van der Waals surface area (Å²) in [5, 5.41) is 0. The fraction of sp³-hybridized carbons (Fsp3) is 0.843. The van der Waals surface area contributed by atoms with Gasteiger partial charge in [-0.15, -0.1) is 0 Å². The van der Waals surface area contributed by atoms with E-state index in [2.05, 4.69) is 41.5 Å². The molecule has 0 aromatic heterocycles. The molecule has 2 aromatic rings. The van der Waals surface area contributed by atoms with Gasteiger partial charge in [0.2, 0.25) is 11.5 Å². The molecular formula is C89H160O8. The maximum Gasteiger partial charge on any atom is 0.203 e. The number of benzene rings is 2. The number of rotatable bonds is 78. The molecule has 8 heteroatoms. The molecule has 0 saturated heterocycles. The minimum atomic E-state index is -0.166. The van der Waals surface area contributed by atoms with E-state index in [9.17, 15) is 9.59 Å². The first kappa shape index (κ1) is 89.7. The van der Waals surface area contributed by atoms with Crippen LogP contribution in [0.2, 0.25) is 0 Å². The highest BCUT2D eigenvalue weighted by Gasteiger charge is 2.22. The molecule has 97 heavy (non-hydrogen) atoms. The maximum absolute atomic E-state index is 14.3. The molecule has 0 spiro atoms. The van der Waals surface area contributed by atoms with Crippen LogP contribution < -0.4 is 28.4 Å². The standard InChI is InChI=1S/C89H160O8/c1-7-13-19-25-31-37-43-49-55-61-67-92-84-75-80(76-85(93-68-62-56-50-44-38-32-26-20-14-8-2)88(84)96-71-65-59-53-47-41-35-29-23-17-11-5)73-82(90)79-83(91)74-81-77-86(94-69-63-57-51-45-39-33-27-21-15-9-3)89(97-72-66-60-54-48-42-36-30-24-18-12-6)87(78-81)95-70-64-58-52-46-40-34-28-22-16-10-4/h75-78H,7-74,79H2,1-6H3. The van der Waals surface area contributed by atoms with Crippen LogP contribution in [0.1, 0.15) is 444 Å². The second-order valence-corrected chi connectivity index (χ2v) is 29.6. The molecule has 0 amide bonds. The van der Waals surface area contributed by atoms with Crippen LogP contribution in [-0.4, -0.2) is 51.2 Å². The highest BCUT2D eigenvalue weighted by molar-refractivity contribution is 6.00. The topological polar surface area (TPSA) is 89.5 Å². The average molecular weight is 1360 g/mol. The van der Waals surface area contributed by atoms with Gasteiger partial charge >= 0.3 is 0 Å². The van der Waals surface area contributed by atoms with E-state index in [1.807, 2.05) is 24.3 Å². The lowest BCUT2D eigenvalue weighted by molar-refractivity contribution is -0.126. The Morgan fingerprint density at radius 1 is 0.206 bits per heavy atom. The first-order chi connectivity index (χ1) is 47.9. The van der Waals surface area contributed by atoms with Gasteiger partial charge in [-0.3, -0.25) is 9.59 Å². The predicted octanol–water partition coefficient (Wildman–Crippen LogP) is 28.8. The van der Waals surface area contributed by atoms with Gasteiger partial charge in [0.15, 0.2) is 23.0 Å². The van der Waals surface area contributed by atoms with Gasteiger partial charge in [0, 0.05) is 12.8 Å². The van der Waals surface area contributed by atoms with E-state index < -0.39 is 0 Å². The van der Waals surface area contributed by atoms with E-state index in [0.717, 1.165) is 88.2 Å². The van der Waals surface area contributed by atoms with Crippen molar-refractivity contribution < 1.29 is 38.0 Å². The Morgan fingerprint density at radius 3 is 0.515 bits per heavy atom. The minimum Gasteiger partial charge on any atom is -0.490 e. The van der Waals surface area contributed by atoms with E-state index in [4.69, 9.17) is 28.4 Å². The number of carbonyl (C=O) groups is 2. The van der Waals surface area contributed by atoms with E-state index in [1.165, 1.54) is 308 Å². The minimum absolute atomic E-state index is 0.111. The third kappa shape index (κ3) is 54.0. The van der Waals surface area contributed by atoms with Crippen molar-refractivity contribution in [1.82, 2.24) is 0 Å². The molecule has 0 bridgehead atoms. The van der Waals surface area contributed by atoms with Gasteiger partial charge in [0.05, 0.1) is 46.1 Å².